The van der Waals surface area contributed by atoms with Crippen molar-refractivity contribution in [2.45, 2.75) is 0 Å². The van der Waals surface area contributed by atoms with Crippen LogP contribution in [0.1, 0.15) is 10.4 Å². The fourth-order valence-electron chi connectivity index (χ4n) is 1.98. The van der Waals surface area contributed by atoms with Gasteiger partial charge in [0.05, 0.1) is 14.2 Å². The normalized spacial score (nSPS) is 10.1. The number of carbonyl (C=O) groups excluding carboxylic acids is 2. The third-order valence-electron chi connectivity index (χ3n) is 3.19. The zero-order valence-electron chi connectivity index (χ0n) is 13.5. The van der Waals surface area contributed by atoms with E-state index in [1.807, 2.05) is 5.32 Å². The summed E-state index contributed by atoms with van der Waals surface area (Å²) in [5, 5.41) is 2.01. The number of esters is 1. The van der Waals surface area contributed by atoms with Crippen LogP contribution < -0.4 is 14.8 Å². The first-order valence-corrected chi connectivity index (χ1v) is 7.09. The number of amides is 1. The first-order chi connectivity index (χ1) is 12.0. The molecular weight excluding hydrogens is 336 g/mol. The molecule has 0 saturated heterocycles. The third kappa shape index (κ3) is 4.43. The number of rotatable bonds is 6. The van der Waals surface area contributed by atoms with Gasteiger partial charge in [0.25, 0.3) is 5.91 Å². The number of carbonyl (C=O) groups is 2. The van der Waals surface area contributed by atoms with E-state index < -0.39 is 35.8 Å². The largest absolute Gasteiger partial charge is 0.497 e. The number of nitrogens with one attached hydrogen (secondary N) is 1. The van der Waals surface area contributed by atoms with Crippen LogP contribution >= 0.6 is 0 Å². The molecule has 132 valence electrons. The number of halogens is 2. The molecule has 0 atom stereocenters. The number of methoxy groups -OCH3 is 2. The maximum atomic E-state index is 13.5. The molecule has 2 aromatic rings. The molecule has 2 rings (SSSR count). The second-order valence-corrected chi connectivity index (χ2v) is 4.79. The molecule has 0 radical (unpaired) electrons. The van der Waals surface area contributed by atoms with Gasteiger partial charge < -0.3 is 19.5 Å². The predicted octanol–water partition coefficient (Wildman–Crippen LogP) is 2.78. The average molecular weight is 351 g/mol. The molecule has 0 fully saturated rings. The summed E-state index contributed by atoms with van der Waals surface area (Å²) in [5.41, 5.74) is -0.561. The molecule has 2 aromatic carbocycles. The molecular formula is C17H15F2NO5. The smallest absolute Gasteiger partial charge is 0.342 e. The second kappa shape index (κ2) is 8.09. The molecule has 8 heteroatoms. The van der Waals surface area contributed by atoms with Gasteiger partial charge in [-0.3, -0.25) is 4.79 Å². The summed E-state index contributed by atoms with van der Waals surface area (Å²) in [5.74, 6) is -2.99. The van der Waals surface area contributed by atoms with Gasteiger partial charge in [0.1, 0.15) is 34.4 Å². The van der Waals surface area contributed by atoms with Crippen LogP contribution in [-0.2, 0) is 9.53 Å². The Labute approximate surface area is 142 Å². The fraction of sp³-hybridized carbons (Fsp3) is 0.176. The Morgan fingerprint density at radius 3 is 2.32 bits per heavy atom. The van der Waals surface area contributed by atoms with Crippen LogP contribution in [0.3, 0.4) is 0 Å². The molecule has 0 saturated carbocycles. The molecule has 0 aliphatic rings. The third-order valence-corrected chi connectivity index (χ3v) is 3.19. The lowest BCUT2D eigenvalue weighted by atomic mass is 10.2. The highest BCUT2D eigenvalue weighted by atomic mass is 19.1. The molecule has 1 N–H and O–H groups in total. The van der Waals surface area contributed by atoms with Crippen molar-refractivity contribution in [3.05, 3.63) is 53.6 Å². The monoisotopic (exact) mass is 351 g/mol. The van der Waals surface area contributed by atoms with Crippen molar-refractivity contribution >= 4 is 17.6 Å². The maximum Gasteiger partial charge on any atom is 0.342 e. The van der Waals surface area contributed by atoms with Crippen LogP contribution in [0.25, 0.3) is 0 Å². The van der Waals surface area contributed by atoms with E-state index in [-0.39, 0.29) is 11.3 Å². The lowest BCUT2D eigenvalue weighted by Crippen LogP contribution is -2.22. The summed E-state index contributed by atoms with van der Waals surface area (Å²) in [6.45, 7) is -0.729. The minimum absolute atomic E-state index is 0.0479. The van der Waals surface area contributed by atoms with Gasteiger partial charge in [0.2, 0.25) is 0 Å². The first kappa shape index (κ1) is 18.2. The summed E-state index contributed by atoms with van der Waals surface area (Å²) in [7, 11) is 2.79. The number of hydrogen-bond donors (Lipinski definition) is 1. The summed E-state index contributed by atoms with van der Waals surface area (Å²) in [4.78, 5) is 23.9. The Morgan fingerprint density at radius 2 is 1.72 bits per heavy atom. The number of benzene rings is 2. The lowest BCUT2D eigenvalue weighted by Gasteiger charge is -2.11. The van der Waals surface area contributed by atoms with Crippen molar-refractivity contribution in [3.63, 3.8) is 0 Å². The Bertz CT molecular complexity index is 774. The van der Waals surface area contributed by atoms with E-state index in [2.05, 4.69) is 0 Å². The molecule has 0 aliphatic carbocycles. The Kier molecular flexibility index (Phi) is 5.89. The molecule has 0 aromatic heterocycles. The van der Waals surface area contributed by atoms with Crippen molar-refractivity contribution in [3.8, 4) is 11.5 Å². The molecule has 0 aliphatic heterocycles. The van der Waals surface area contributed by atoms with Gasteiger partial charge in [-0.15, -0.1) is 0 Å². The van der Waals surface area contributed by atoms with Crippen molar-refractivity contribution in [1.82, 2.24) is 0 Å². The molecule has 25 heavy (non-hydrogen) atoms. The topological polar surface area (TPSA) is 73.9 Å². The zero-order valence-corrected chi connectivity index (χ0v) is 13.5. The predicted molar refractivity (Wildman–Crippen MR) is 84.8 cm³/mol. The van der Waals surface area contributed by atoms with E-state index in [9.17, 15) is 18.4 Å². The molecule has 0 heterocycles. The standard InChI is InChI=1S/C17H15F2NO5/c1-23-10-6-7-14(24-2)11(8-10)17(22)25-9-15(21)20-16-12(18)4-3-5-13(16)19/h3-8H,9H2,1-2H3,(H,20,21). The van der Waals surface area contributed by atoms with E-state index in [1.54, 1.807) is 6.07 Å². The van der Waals surface area contributed by atoms with Crippen molar-refractivity contribution < 1.29 is 32.6 Å². The molecule has 1 amide bonds. The van der Waals surface area contributed by atoms with Gasteiger partial charge >= 0.3 is 5.97 Å². The summed E-state index contributed by atoms with van der Waals surface area (Å²) in [6.07, 6.45) is 0. The minimum atomic E-state index is -0.936. The van der Waals surface area contributed by atoms with Crippen LogP contribution in [0.2, 0.25) is 0 Å². The van der Waals surface area contributed by atoms with E-state index in [4.69, 9.17) is 14.2 Å². The van der Waals surface area contributed by atoms with Crippen molar-refractivity contribution in [1.29, 1.82) is 0 Å². The van der Waals surface area contributed by atoms with Crippen LogP contribution in [0.15, 0.2) is 36.4 Å². The van der Waals surface area contributed by atoms with E-state index >= 15 is 0 Å². The zero-order chi connectivity index (χ0) is 18.4. The van der Waals surface area contributed by atoms with Crippen LogP contribution in [0, 0.1) is 11.6 Å². The van der Waals surface area contributed by atoms with Gasteiger partial charge in [-0.1, -0.05) is 6.07 Å². The molecule has 6 nitrogen and oxygen atoms in total. The molecule has 0 bridgehead atoms. The summed E-state index contributed by atoms with van der Waals surface area (Å²) in [6, 6.07) is 7.62. The van der Waals surface area contributed by atoms with Crippen LogP contribution in [0.4, 0.5) is 14.5 Å². The highest BCUT2D eigenvalue weighted by molar-refractivity contribution is 5.97. The number of ether oxygens (including phenoxy) is 3. The summed E-state index contributed by atoms with van der Waals surface area (Å²) >= 11 is 0. The molecule has 0 spiro atoms. The van der Waals surface area contributed by atoms with Crippen molar-refractivity contribution in [2.75, 3.05) is 26.1 Å². The second-order valence-electron chi connectivity index (χ2n) is 4.79. The highest BCUT2D eigenvalue weighted by Gasteiger charge is 2.18. The fourth-order valence-corrected chi connectivity index (χ4v) is 1.98. The Balaban J connectivity index is 2.03. The Hall–Kier alpha value is -3.16. The lowest BCUT2D eigenvalue weighted by molar-refractivity contribution is -0.119. The quantitative estimate of drug-likeness (QED) is 0.810. The number of anilines is 1. The van der Waals surface area contributed by atoms with Crippen molar-refractivity contribution in [2.24, 2.45) is 0 Å². The van der Waals surface area contributed by atoms with Crippen LogP contribution in [-0.4, -0.2) is 32.7 Å². The summed E-state index contributed by atoms with van der Waals surface area (Å²) < 4.78 is 41.8. The van der Waals surface area contributed by atoms with Gasteiger partial charge in [-0.05, 0) is 30.3 Å². The van der Waals surface area contributed by atoms with E-state index in [0.717, 1.165) is 18.2 Å². The van der Waals surface area contributed by atoms with Gasteiger partial charge in [0, 0.05) is 0 Å². The highest BCUT2D eigenvalue weighted by Crippen LogP contribution is 2.24. The SMILES string of the molecule is COc1ccc(OC)c(C(=O)OCC(=O)Nc2c(F)cccc2F)c1. The van der Waals surface area contributed by atoms with Gasteiger partial charge in [-0.25, -0.2) is 13.6 Å². The average Bonchev–Trinajstić information content (AvgIpc) is 2.62. The van der Waals surface area contributed by atoms with E-state index in [0.29, 0.717) is 5.75 Å². The molecule has 0 unspecified atom stereocenters. The van der Waals surface area contributed by atoms with Gasteiger partial charge in [0.15, 0.2) is 6.61 Å². The van der Waals surface area contributed by atoms with Gasteiger partial charge in [-0.2, -0.15) is 0 Å². The number of hydrogen-bond acceptors (Lipinski definition) is 5. The van der Waals surface area contributed by atoms with Crippen LogP contribution in [0.5, 0.6) is 11.5 Å². The maximum absolute atomic E-state index is 13.5. The number of para-hydroxylation sites is 1. The first-order valence-electron chi connectivity index (χ1n) is 7.09. The Morgan fingerprint density at radius 1 is 1.04 bits per heavy atom. The van der Waals surface area contributed by atoms with E-state index in [1.165, 1.54) is 26.4 Å². The minimum Gasteiger partial charge on any atom is -0.497 e.